The Morgan fingerprint density at radius 1 is 1.11 bits per heavy atom. The van der Waals surface area contributed by atoms with Crippen LogP contribution in [0.2, 0.25) is 0 Å². The van der Waals surface area contributed by atoms with Gasteiger partial charge >= 0.3 is 0 Å². The fraction of sp³-hybridized carbons (Fsp3) is 0.250. The zero-order valence-corrected chi connectivity index (χ0v) is 11.2. The summed E-state index contributed by atoms with van der Waals surface area (Å²) < 4.78 is 19.3. The molecule has 0 saturated carbocycles. The molecule has 100 valence electrons. The molecule has 0 fully saturated rings. The number of benzene rings is 2. The van der Waals surface area contributed by atoms with Crippen LogP contribution in [0.5, 0.6) is 5.75 Å². The van der Waals surface area contributed by atoms with E-state index in [1.165, 1.54) is 17.2 Å². The molecule has 19 heavy (non-hydrogen) atoms. The van der Waals surface area contributed by atoms with Gasteiger partial charge in [-0.1, -0.05) is 41.5 Å². The van der Waals surface area contributed by atoms with Crippen LogP contribution in [0.3, 0.4) is 0 Å². The van der Waals surface area contributed by atoms with Crippen molar-refractivity contribution < 1.29 is 9.13 Å². The van der Waals surface area contributed by atoms with Crippen molar-refractivity contribution in [1.82, 2.24) is 0 Å². The first-order valence-electron chi connectivity index (χ1n) is 6.27. The molecule has 2 rings (SSSR count). The number of hydrogen-bond donors (Lipinski definition) is 1. The van der Waals surface area contributed by atoms with E-state index < -0.39 is 0 Å². The van der Waals surface area contributed by atoms with Gasteiger partial charge < -0.3 is 10.5 Å². The van der Waals surface area contributed by atoms with Gasteiger partial charge in [-0.2, -0.15) is 0 Å². The van der Waals surface area contributed by atoms with Crippen molar-refractivity contribution >= 4 is 0 Å². The van der Waals surface area contributed by atoms with Gasteiger partial charge in [-0.15, -0.1) is 0 Å². The molecule has 3 heteroatoms. The zero-order valence-electron chi connectivity index (χ0n) is 11.2. The van der Waals surface area contributed by atoms with Crippen molar-refractivity contribution in [2.45, 2.75) is 27.0 Å². The third kappa shape index (κ3) is 3.32. The summed E-state index contributed by atoms with van der Waals surface area (Å²) in [6.07, 6.45) is 0. The van der Waals surface area contributed by atoms with E-state index in [0.717, 1.165) is 5.56 Å². The fourth-order valence-electron chi connectivity index (χ4n) is 2.18. The monoisotopic (exact) mass is 259 g/mol. The predicted molar refractivity (Wildman–Crippen MR) is 74.5 cm³/mol. The van der Waals surface area contributed by atoms with Gasteiger partial charge in [-0.3, -0.25) is 0 Å². The van der Waals surface area contributed by atoms with Gasteiger partial charge in [-0.25, -0.2) is 4.39 Å². The summed E-state index contributed by atoms with van der Waals surface area (Å²) in [4.78, 5) is 0. The van der Waals surface area contributed by atoms with E-state index in [-0.39, 0.29) is 18.1 Å². The van der Waals surface area contributed by atoms with Crippen molar-refractivity contribution in [2.75, 3.05) is 0 Å². The Bertz CT molecular complexity index is 561. The van der Waals surface area contributed by atoms with E-state index in [2.05, 4.69) is 6.07 Å². The number of hydrogen-bond acceptors (Lipinski definition) is 2. The highest BCUT2D eigenvalue weighted by molar-refractivity contribution is 5.35. The van der Waals surface area contributed by atoms with E-state index in [9.17, 15) is 4.39 Å². The van der Waals surface area contributed by atoms with E-state index in [1.54, 1.807) is 12.1 Å². The molecule has 0 aromatic heterocycles. The number of nitrogens with two attached hydrogens (primary N) is 1. The average molecular weight is 259 g/mol. The van der Waals surface area contributed by atoms with Crippen molar-refractivity contribution in [3.05, 3.63) is 64.5 Å². The van der Waals surface area contributed by atoms with Crippen LogP contribution in [-0.2, 0) is 13.2 Å². The van der Waals surface area contributed by atoms with Gasteiger partial charge in [0.2, 0.25) is 0 Å². The lowest BCUT2D eigenvalue weighted by atomic mass is 10.1. The second kappa shape index (κ2) is 5.85. The molecule has 2 aromatic rings. The minimum Gasteiger partial charge on any atom is -0.485 e. The SMILES string of the molecule is Cc1cc(C)cc(COc2c(F)cccc2CN)c1. The van der Waals surface area contributed by atoms with Crippen LogP contribution in [0.1, 0.15) is 22.3 Å². The number of aryl methyl sites for hydroxylation is 2. The lowest BCUT2D eigenvalue weighted by Gasteiger charge is -2.12. The largest absolute Gasteiger partial charge is 0.485 e. The first-order valence-corrected chi connectivity index (χ1v) is 6.27. The minimum absolute atomic E-state index is 0.254. The second-order valence-corrected chi connectivity index (χ2v) is 4.72. The van der Waals surface area contributed by atoms with Gasteiger partial charge in [0.25, 0.3) is 0 Å². The molecule has 0 aliphatic heterocycles. The molecular formula is C16H18FNO. The Morgan fingerprint density at radius 2 is 1.79 bits per heavy atom. The molecule has 2 nitrogen and oxygen atoms in total. The molecule has 0 amide bonds. The van der Waals surface area contributed by atoms with Gasteiger partial charge in [0.05, 0.1) is 0 Å². The molecule has 0 aliphatic rings. The lowest BCUT2D eigenvalue weighted by molar-refractivity contribution is 0.287. The van der Waals surface area contributed by atoms with E-state index in [4.69, 9.17) is 10.5 Å². The molecule has 2 N–H and O–H groups in total. The predicted octanol–water partition coefficient (Wildman–Crippen LogP) is 3.48. The molecule has 0 bridgehead atoms. The molecule has 0 aliphatic carbocycles. The quantitative estimate of drug-likeness (QED) is 0.912. The third-order valence-electron chi connectivity index (χ3n) is 2.93. The van der Waals surface area contributed by atoms with Crippen LogP contribution in [0.25, 0.3) is 0 Å². The smallest absolute Gasteiger partial charge is 0.165 e. The van der Waals surface area contributed by atoms with E-state index in [0.29, 0.717) is 12.2 Å². The van der Waals surface area contributed by atoms with E-state index in [1.807, 2.05) is 26.0 Å². The third-order valence-corrected chi connectivity index (χ3v) is 2.93. The molecule has 0 atom stereocenters. The Hall–Kier alpha value is -1.87. The van der Waals surface area contributed by atoms with Gasteiger partial charge in [0, 0.05) is 12.1 Å². The summed E-state index contributed by atoms with van der Waals surface area (Å²) in [6, 6.07) is 11.0. The maximum atomic E-state index is 13.7. The molecular weight excluding hydrogens is 241 g/mol. The van der Waals surface area contributed by atoms with Crippen LogP contribution in [0.15, 0.2) is 36.4 Å². The molecule has 0 heterocycles. The van der Waals surface area contributed by atoms with E-state index >= 15 is 0 Å². The van der Waals surface area contributed by atoms with Crippen LogP contribution >= 0.6 is 0 Å². The zero-order chi connectivity index (χ0) is 13.8. The normalized spacial score (nSPS) is 10.5. The van der Waals surface area contributed by atoms with Gasteiger partial charge in [0.1, 0.15) is 6.61 Å². The van der Waals surface area contributed by atoms with Gasteiger partial charge in [0.15, 0.2) is 11.6 Å². The summed E-state index contributed by atoms with van der Waals surface area (Å²) >= 11 is 0. The first-order chi connectivity index (χ1) is 9.10. The summed E-state index contributed by atoms with van der Waals surface area (Å²) in [5.41, 5.74) is 9.65. The minimum atomic E-state index is -0.368. The first kappa shape index (κ1) is 13.6. The topological polar surface area (TPSA) is 35.2 Å². The summed E-state index contributed by atoms with van der Waals surface area (Å²) in [5, 5.41) is 0. The Balaban J connectivity index is 2.18. The number of halogens is 1. The Kier molecular flexibility index (Phi) is 4.17. The van der Waals surface area contributed by atoms with Crippen LogP contribution in [0, 0.1) is 19.7 Å². The average Bonchev–Trinajstić information content (AvgIpc) is 2.36. The maximum absolute atomic E-state index is 13.7. The fourth-order valence-corrected chi connectivity index (χ4v) is 2.18. The highest BCUT2D eigenvalue weighted by atomic mass is 19.1. The van der Waals surface area contributed by atoms with Crippen molar-refractivity contribution in [3.8, 4) is 5.75 Å². The molecule has 0 spiro atoms. The Labute approximate surface area is 113 Å². The van der Waals surface area contributed by atoms with Crippen molar-refractivity contribution in [2.24, 2.45) is 5.73 Å². The lowest BCUT2D eigenvalue weighted by Crippen LogP contribution is -2.05. The van der Waals surface area contributed by atoms with Crippen LogP contribution in [-0.4, -0.2) is 0 Å². The number of ether oxygens (including phenoxy) is 1. The summed E-state index contributed by atoms with van der Waals surface area (Å²) in [5.74, 6) is -0.114. The maximum Gasteiger partial charge on any atom is 0.165 e. The van der Waals surface area contributed by atoms with Crippen molar-refractivity contribution in [1.29, 1.82) is 0 Å². The number of para-hydroxylation sites is 1. The second-order valence-electron chi connectivity index (χ2n) is 4.72. The summed E-state index contributed by atoms with van der Waals surface area (Å²) in [6.45, 7) is 4.67. The molecule has 0 unspecified atom stereocenters. The standard InChI is InChI=1S/C16H18FNO/c1-11-6-12(2)8-13(7-11)10-19-16-14(9-18)4-3-5-15(16)17/h3-8H,9-10,18H2,1-2H3. The molecule has 0 radical (unpaired) electrons. The highest BCUT2D eigenvalue weighted by Gasteiger charge is 2.09. The molecule has 0 saturated heterocycles. The van der Waals surface area contributed by atoms with Crippen LogP contribution in [0.4, 0.5) is 4.39 Å². The highest BCUT2D eigenvalue weighted by Crippen LogP contribution is 2.23. The van der Waals surface area contributed by atoms with Crippen molar-refractivity contribution in [3.63, 3.8) is 0 Å². The Morgan fingerprint density at radius 3 is 2.42 bits per heavy atom. The van der Waals surface area contributed by atoms with Crippen LogP contribution < -0.4 is 10.5 Å². The number of rotatable bonds is 4. The molecule has 2 aromatic carbocycles. The van der Waals surface area contributed by atoms with Gasteiger partial charge in [-0.05, 0) is 25.5 Å². The summed E-state index contributed by atoms with van der Waals surface area (Å²) in [7, 11) is 0.